The minimum atomic E-state index is -1.22. The number of amides is 1. The maximum absolute atomic E-state index is 13.6. The van der Waals surface area contributed by atoms with Crippen LogP contribution in [0.3, 0.4) is 0 Å². The Labute approximate surface area is 218 Å². The van der Waals surface area contributed by atoms with E-state index in [2.05, 4.69) is 20.4 Å². The lowest BCUT2D eigenvalue weighted by Crippen LogP contribution is -2.47. The predicted molar refractivity (Wildman–Crippen MR) is 133 cm³/mol. The van der Waals surface area contributed by atoms with Crippen molar-refractivity contribution in [1.29, 1.82) is 0 Å². The monoisotopic (exact) mass is 524 g/mol. The van der Waals surface area contributed by atoms with Crippen LogP contribution < -0.4 is 11.1 Å². The average Bonchev–Trinajstić information content (AvgIpc) is 3.57. The zero-order valence-electron chi connectivity index (χ0n) is 21.1. The second kappa shape index (κ2) is 10.1. The fourth-order valence-corrected chi connectivity index (χ4v) is 4.01. The third-order valence-corrected chi connectivity index (χ3v) is 6.53. The van der Waals surface area contributed by atoms with E-state index >= 15 is 0 Å². The first kappa shape index (κ1) is 25.7. The van der Waals surface area contributed by atoms with E-state index in [1.807, 2.05) is 6.92 Å². The van der Waals surface area contributed by atoms with E-state index in [4.69, 9.17) is 19.9 Å². The van der Waals surface area contributed by atoms with Crippen LogP contribution in [0.15, 0.2) is 42.6 Å². The number of halogens is 1. The second-order valence-corrected chi connectivity index (χ2v) is 9.80. The summed E-state index contributed by atoms with van der Waals surface area (Å²) in [6.07, 6.45) is 2.51. The van der Waals surface area contributed by atoms with Crippen molar-refractivity contribution < 1.29 is 28.2 Å². The van der Waals surface area contributed by atoms with Crippen molar-refractivity contribution >= 4 is 17.8 Å². The van der Waals surface area contributed by atoms with Crippen molar-refractivity contribution in [3.63, 3.8) is 0 Å². The van der Waals surface area contributed by atoms with Gasteiger partial charge in [-0.25, -0.2) is 19.0 Å². The van der Waals surface area contributed by atoms with Gasteiger partial charge in [-0.2, -0.15) is 5.10 Å². The molecule has 12 heteroatoms. The number of hydrogen-bond donors (Lipinski definition) is 2. The van der Waals surface area contributed by atoms with Gasteiger partial charge in [0.25, 0.3) is 5.91 Å². The zero-order chi connectivity index (χ0) is 26.9. The first-order chi connectivity index (χ1) is 18.2. The number of nitrogens with one attached hydrogen (secondary N) is 1. The fourth-order valence-electron chi connectivity index (χ4n) is 4.01. The molecule has 3 heterocycles. The van der Waals surface area contributed by atoms with Gasteiger partial charge in [0, 0.05) is 25.6 Å². The molecule has 1 saturated carbocycles. The summed E-state index contributed by atoms with van der Waals surface area (Å²) in [5, 5.41) is 7.84. The third kappa shape index (κ3) is 5.09. The van der Waals surface area contributed by atoms with Crippen LogP contribution in [0.25, 0.3) is 17.1 Å². The SMILES string of the molecule is CCCNc1nccc(-c2cc(C3OCC(C)(C(=O)OC4(C(N)=O)CC4)CO3)nn2-c2ccc(F)cc2)n1. The summed E-state index contributed by atoms with van der Waals surface area (Å²) in [6.45, 7) is 4.39. The quantitative estimate of drug-likeness (QED) is 0.404. The Morgan fingerprint density at radius 3 is 2.55 bits per heavy atom. The molecule has 1 saturated heterocycles. The summed E-state index contributed by atoms with van der Waals surface area (Å²) in [7, 11) is 0. The fraction of sp³-hybridized carbons (Fsp3) is 0.423. The molecule has 1 aromatic carbocycles. The van der Waals surface area contributed by atoms with Crippen LogP contribution in [-0.2, 0) is 23.8 Å². The summed E-state index contributed by atoms with van der Waals surface area (Å²) in [5.74, 6) is -1.15. The Hall–Kier alpha value is -3.90. The summed E-state index contributed by atoms with van der Waals surface area (Å²) < 4.78 is 32.5. The Kier molecular flexibility index (Phi) is 6.84. The average molecular weight is 525 g/mol. The lowest BCUT2D eigenvalue weighted by Gasteiger charge is -2.35. The molecule has 0 radical (unpaired) electrons. The molecule has 38 heavy (non-hydrogen) atoms. The third-order valence-electron chi connectivity index (χ3n) is 6.53. The topological polar surface area (TPSA) is 143 Å². The molecule has 2 fully saturated rings. The van der Waals surface area contributed by atoms with E-state index in [0.29, 0.717) is 41.6 Å². The number of aromatic nitrogens is 4. The highest BCUT2D eigenvalue weighted by molar-refractivity contribution is 5.90. The molecule has 3 aromatic rings. The van der Waals surface area contributed by atoms with Crippen LogP contribution in [0.2, 0.25) is 0 Å². The van der Waals surface area contributed by atoms with Crippen molar-refractivity contribution in [3.05, 3.63) is 54.1 Å². The standard InChI is InChI=1S/C26H29FN6O5/c1-3-11-29-24-30-12-8-18(31-24)20-13-19(32-33(20)17-6-4-16(27)5-7-17)21-36-14-25(2,15-37-21)23(35)38-26(9-10-26)22(28)34/h4-8,12-13,21H,3,9-11,14-15H2,1-2H3,(H2,28,34)(H,29,30,31). The van der Waals surface area contributed by atoms with Gasteiger partial charge in [-0.1, -0.05) is 6.92 Å². The highest BCUT2D eigenvalue weighted by atomic mass is 19.1. The number of nitrogens with two attached hydrogens (primary N) is 1. The summed E-state index contributed by atoms with van der Waals surface area (Å²) in [5.41, 5.74) is 5.31. The van der Waals surface area contributed by atoms with Gasteiger partial charge < -0.3 is 25.3 Å². The van der Waals surface area contributed by atoms with Gasteiger partial charge in [-0.3, -0.25) is 9.59 Å². The van der Waals surface area contributed by atoms with Gasteiger partial charge >= 0.3 is 5.97 Å². The van der Waals surface area contributed by atoms with E-state index in [-0.39, 0.29) is 19.0 Å². The van der Waals surface area contributed by atoms with Gasteiger partial charge in [-0.05, 0) is 49.7 Å². The minimum Gasteiger partial charge on any atom is -0.448 e. The molecule has 11 nitrogen and oxygen atoms in total. The predicted octanol–water partition coefficient (Wildman–Crippen LogP) is 2.90. The first-order valence-corrected chi connectivity index (χ1v) is 12.4. The van der Waals surface area contributed by atoms with Crippen LogP contribution in [-0.4, -0.2) is 57.0 Å². The molecule has 0 bridgehead atoms. The van der Waals surface area contributed by atoms with E-state index in [1.165, 1.54) is 12.1 Å². The smallest absolute Gasteiger partial charge is 0.317 e. The van der Waals surface area contributed by atoms with Crippen LogP contribution in [0, 0.1) is 11.2 Å². The second-order valence-electron chi connectivity index (χ2n) is 9.80. The lowest BCUT2D eigenvalue weighted by atomic mass is 9.92. The first-order valence-electron chi connectivity index (χ1n) is 12.4. The molecule has 200 valence electrons. The molecule has 2 aromatic heterocycles. The van der Waals surface area contributed by atoms with Crippen LogP contribution in [0.5, 0.6) is 0 Å². The highest BCUT2D eigenvalue weighted by Crippen LogP contribution is 2.42. The van der Waals surface area contributed by atoms with Gasteiger partial charge in [0.15, 0.2) is 5.60 Å². The molecule has 1 aliphatic carbocycles. The van der Waals surface area contributed by atoms with Crippen LogP contribution in [0.1, 0.15) is 45.1 Å². The van der Waals surface area contributed by atoms with Crippen molar-refractivity contribution in [1.82, 2.24) is 19.7 Å². The Morgan fingerprint density at radius 1 is 1.21 bits per heavy atom. The normalized spacial score (nSPS) is 22.0. The number of primary amides is 1. The molecular formula is C26H29FN6O5. The van der Waals surface area contributed by atoms with Crippen LogP contribution >= 0.6 is 0 Å². The lowest BCUT2D eigenvalue weighted by molar-refractivity contribution is -0.239. The van der Waals surface area contributed by atoms with Gasteiger partial charge in [0.2, 0.25) is 12.2 Å². The molecule has 0 spiro atoms. The maximum Gasteiger partial charge on any atom is 0.317 e. The molecule has 1 amide bonds. The number of esters is 1. The summed E-state index contributed by atoms with van der Waals surface area (Å²) in [4.78, 5) is 33.3. The minimum absolute atomic E-state index is 0.0112. The molecular weight excluding hydrogens is 495 g/mol. The molecule has 0 atom stereocenters. The van der Waals surface area contributed by atoms with Crippen molar-refractivity contribution in [2.45, 2.75) is 45.0 Å². The molecule has 0 unspecified atom stereocenters. The Morgan fingerprint density at radius 2 is 1.92 bits per heavy atom. The van der Waals surface area contributed by atoms with E-state index < -0.39 is 29.2 Å². The maximum atomic E-state index is 13.6. The number of anilines is 1. The van der Waals surface area contributed by atoms with Gasteiger partial charge in [0.05, 0.1) is 30.3 Å². The van der Waals surface area contributed by atoms with Gasteiger partial charge in [0.1, 0.15) is 16.9 Å². The van der Waals surface area contributed by atoms with E-state index in [9.17, 15) is 14.0 Å². The number of ether oxygens (including phenoxy) is 3. The van der Waals surface area contributed by atoms with Crippen LogP contribution in [0.4, 0.5) is 10.3 Å². The number of carbonyl (C=O) groups excluding carboxylic acids is 2. The molecule has 3 N–H and O–H groups in total. The number of carbonyl (C=O) groups is 2. The highest BCUT2D eigenvalue weighted by Gasteiger charge is 2.55. The number of benzene rings is 1. The Balaban J connectivity index is 1.39. The zero-order valence-corrected chi connectivity index (χ0v) is 21.1. The van der Waals surface area contributed by atoms with Crippen molar-refractivity contribution in [3.8, 4) is 17.1 Å². The molecule has 2 aliphatic rings. The van der Waals surface area contributed by atoms with Gasteiger partial charge in [-0.15, -0.1) is 0 Å². The number of rotatable bonds is 9. The summed E-state index contributed by atoms with van der Waals surface area (Å²) >= 11 is 0. The number of nitrogens with zero attached hydrogens (tertiary/aromatic N) is 4. The molecule has 1 aliphatic heterocycles. The largest absolute Gasteiger partial charge is 0.448 e. The summed E-state index contributed by atoms with van der Waals surface area (Å²) in [6, 6.07) is 9.42. The van der Waals surface area contributed by atoms with E-state index in [0.717, 1.165) is 13.0 Å². The van der Waals surface area contributed by atoms with Crippen molar-refractivity contribution in [2.24, 2.45) is 11.1 Å². The number of hydrogen-bond acceptors (Lipinski definition) is 9. The Bertz CT molecular complexity index is 1330. The van der Waals surface area contributed by atoms with Crippen molar-refractivity contribution in [2.75, 3.05) is 25.1 Å². The van der Waals surface area contributed by atoms with E-state index in [1.54, 1.807) is 42.1 Å². The molecule has 5 rings (SSSR count).